The van der Waals surface area contributed by atoms with Crippen LogP contribution >= 0.6 is 11.8 Å². The van der Waals surface area contributed by atoms with Crippen LogP contribution in [-0.2, 0) is 10.5 Å². The number of carbonyl (C=O) groups excluding carboxylic acids is 1. The molecule has 1 fully saturated rings. The van der Waals surface area contributed by atoms with E-state index in [1.165, 1.54) is 12.8 Å². The highest BCUT2D eigenvalue weighted by Crippen LogP contribution is 2.28. The van der Waals surface area contributed by atoms with Gasteiger partial charge < -0.3 is 14.5 Å². The van der Waals surface area contributed by atoms with E-state index >= 15 is 0 Å². The number of aryl methyl sites for hydroxylation is 1. The lowest BCUT2D eigenvalue weighted by Gasteiger charge is -2.03. The molecule has 1 aromatic heterocycles. The summed E-state index contributed by atoms with van der Waals surface area (Å²) in [5.41, 5.74) is 1.81. The molecule has 0 unspecified atom stereocenters. The maximum atomic E-state index is 11.8. The van der Waals surface area contributed by atoms with Gasteiger partial charge in [0.2, 0.25) is 11.8 Å². The van der Waals surface area contributed by atoms with E-state index in [4.69, 9.17) is 9.15 Å². The van der Waals surface area contributed by atoms with Crippen LogP contribution in [0.15, 0.2) is 28.7 Å². The van der Waals surface area contributed by atoms with Crippen LogP contribution < -0.4 is 10.1 Å². The third kappa shape index (κ3) is 5.26. The van der Waals surface area contributed by atoms with Crippen molar-refractivity contribution in [3.8, 4) is 17.2 Å². The highest BCUT2D eigenvalue weighted by molar-refractivity contribution is 7.99. The number of hydrogen-bond donors (Lipinski definition) is 1. The van der Waals surface area contributed by atoms with Gasteiger partial charge in [0.15, 0.2) is 0 Å². The predicted molar refractivity (Wildman–Crippen MR) is 99.7 cm³/mol. The van der Waals surface area contributed by atoms with Gasteiger partial charge in [-0.3, -0.25) is 4.79 Å². The lowest BCUT2D eigenvalue weighted by atomic mass is 10.2. The molecule has 0 saturated heterocycles. The van der Waals surface area contributed by atoms with E-state index in [-0.39, 0.29) is 5.91 Å². The molecule has 1 heterocycles. The number of nitrogens with one attached hydrogen (secondary N) is 1. The fourth-order valence-corrected chi connectivity index (χ4v) is 3.27. The Bertz CT molecular complexity index is 708. The van der Waals surface area contributed by atoms with E-state index < -0.39 is 0 Å². The number of benzene rings is 1. The Balaban J connectivity index is 1.51. The van der Waals surface area contributed by atoms with Gasteiger partial charge in [0, 0.05) is 17.9 Å². The molecule has 25 heavy (non-hydrogen) atoms. The largest absolute Gasteiger partial charge is 0.494 e. The molecule has 0 bridgehead atoms. The van der Waals surface area contributed by atoms with Crippen LogP contribution in [0.2, 0.25) is 0 Å². The van der Waals surface area contributed by atoms with Crippen molar-refractivity contribution in [2.24, 2.45) is 5.92 Å². The van der Waals surface area contributed by atoms with Crippen LogP contribution in [0.25, 0.3) is 11.5 Å². The van der Waals surface area contributed by atoms with E-state index in [0.717, 1.165) is 29.3 Å². The summed E-state index contributed by atoms with van der Waals surface area (Å²) < 4.78 is 11.2. The average Bonchev–Trinajstić information content (AvgIpc) is 3.37. The molecule has 5 nitrogen and oxygen atoms in total. The first-order chi connectivity index (χ1) is 12.2. The van der Waals surface area contributed by atoms with E-state index in [0.29, 0.717) is 29.9 Å². The maximum absolute atomic E-state index is 11.8. The summed E-state index contributed by atoms with van der Waals surface area (Å²) >= 11 is 1.56. The van der Waals surface area contributed by atoms with Crippen molar-refractivity contribution in [3.63, 3.8) is 0 Å². The standard InChI is InChI=1S/C19H24N2O3S/c1-3-23-16-8-6-15(7-9-16)19-21-17(13(2)24-19)11-25-12-18(22)20-10-14-4-5-14/h6-9,14H,3-5,10-12H2,1-2H3,(H,20,22). The van der Waals surface area contributed by atoms with Gasteiger partial charge in [0.1, 0.15) is 11.5 Å². The number of ether oxygens (including phenoxy) is 1. The quantitative estimate of drug-likeness (QED) is 0.737. The first-order valence-electron chi connectivity index (χ1n) is 8.69. The molecule has 0 spiro atoms. The van der Waals surface area contributed by atoms with Gasteiger partial charge in [-0.15, -0.1) is 11.8 Å². The number of rotatable bonds is 9. The van der Waals surface area contributed by atoms with Crippen LogP contribution in [-0.4, -0.2) is 29.8 Å². The summed E-state index contributed by atoms with van der Waals surface area (Å²) in [4.78, 5) is 16.4. The van der Waals surface area contributed by atoms with E-state index in [1.807, 2.05) is 38.1 Å². The molecule has 0 atom stereocenters. The van der Waals surface area contributed by atoms with Gasteiger partial charge in [0.05, 0.1) is 18.1 Å². The van der Waals surface area contributed by atoms with Crippen molar-refractivity contribution in [2.75, 3.05) is 18.9 Å². The molecular weight excluding hydrogens is 336 g/mol. The van der Waals surface area contributed by atoms with E-state index in [1.54, 1.807) is 11.8 Å². The lowest BCUT2D eigenvalue weighted by molar-refractivity contribution is -0.118. The van der Waals surface area contributed by atoms with Gasteiger partial charge in [-0.05, 0) is 56.9 Å². The molecule has 0 aliphatic heterocycles. The minimum atomic E-state index is 0.102. The molecule has 0 radical (unpaired) electrons. The fourth-order valence-electron chi connectivity index (χ4n) is 2.42. The summed E-state index contributed by atoms with van der Waals surface area (Å²) in [6.07, 6.45) is 2.50. The third-order valence-electron chi connectivity index (χ3n) is 4.06. The second-order valence-electron chi connectivity index (χ2n) is 6.22. The highest BCUT2D eigenvalue weighted by atomic mass is 32.2. The topological polar surface area (TPSA) is 64.4 Å². The van der Waals surface area contributed by atoms with Crippen LogP contribution in [0.3, 0.4) is 0 Å². The Labute approximate surface area is 152 Å². The summed E-state index contributed by atoms with van der Waals surface area (Å²) in [6, 6.07) is 7.71. The van der Waals surface area contributed by atoms with Crippen molar-refractivity contribution in [1.82, 2.24) is 10.3 Å². The van der Waals surface area contributed by atoms with Gasteiger partial charge in [0.25, 0.3) is 0 Å². The maximum Gasteiger partial charge on any atom is 0.230 e. The summed E-state index contributed by atoms with van der Waals surface area (Å²) in [5.74, 6) is 4.18. The first kappa shape index (κ1) is 17.9. The molecule has 1 aliphatic rings. The van der Waals surface area contributed by atoms with Crippen LogP contribution in [0.1, 0.15) is 31.2 Å². The summed E-state index contributed by atoms with van der Waals surface area (Å²) in [7, 11) is 0. The summed E-state index contributed by atoms with van der Waals surface area (Å²) in [5, 5.41) is 2.98. The highest BCUT2D eigenvalue weighted by Gasteiger charge is 2.21. The number of thioether (sulfide) groups is 1. The number of aromatic nitrogens is 1. The molecule has 3 rings (SSSR count). The minimum Gasteiger partial charge on any atom is -0.494 e. The Morgan fingerprint density at radius 2 is 2.12 bits per heavy atom. The van der Waals surface area contributed by atoms with Gasteiger partial charge in [-0.2, -0.15) is 0 Å². The normalized spacial score (nSPS) is 13.7. The molecule has 1 N–H and O–H groups in total. The van der Waals surface area contributed by atoms with Crippen molar-refractivity contribution in [3.05, 3.63) is 35.7 Å². The number of carbonyl (C=O) groups is 1. The molecule has 6 heteroatoms. The average molecular weight is 360 g/mol. The number of oxazole rings is 1. The number of amides is 1. The van der Waals surface area contributed by atoms with Gasteiger partial charge in [-0.1, -0.05) is 0 Å². The smallest absolute Gasteiger partial charge is 0.230 e. The third-order valence-corrected chi connectivity index (χ3v) is 5.01. The Kier molecular flexibility index (Phi) is 6.02. The first-order valence-corrected chi connectivity index (χ1v) is 9.85. The summed E-state index contributed by atoms with van der Waals surface area (Å²) in [6.45, 7) is 5.34. The Hall–Kier alpha value is -1.95. The zero-order chi connectivity index (χ0) is 17.6. The van der Waals surface area contributed by atoms with Crippen molar-refractivity contribution in [1.29, 1.82) is 0 Å². The molecule has 1 saturated carbocycles. The van der Waals surface area contributed by atoms with Crippen molar-refractivity contribution < 1.29 is 13.9 Å². The Morgan fingerprint density at radius 1 is 1.36 bits per heavy atom. The predicted octanol–water partition coefficient (Wildman–Crippen LogP) is 3.81. The molecule has 2 aromatic rings. The zero-order valence-corrected chi connectivity index (χ0v) is 15.5. The second-order valence-corrected chi connectivity index (χ2v) is 7.21. The van der Waals surface area contributed by atoms with E-state index in [2.05, 4.69) is 10.3 Å². The van der Waals surface area contributed by atoms with Crippen molar-refractivity contribution in [2.45, 2.75) is 32.4 Å². The number of nitrogens with zero attached hydrogens (tertiary/aromatic N) is 1. The molecule has 134 valence electrons. The van der Waals surface area contributed by atoms with Crippen molar-refractivity contribution >= 4 is 17.7 Å². The van der Waals surface area contributed by atoms with Gasteiger partial charge in [-0.25, -0.2) is 4.98 Å². The molecule has 1 aliphatic carbocycles. The molecule has 1 amide bonds. The van der Waals surface area contributed by atoms with Crippen LogP contribution in [0, 0.1) is 12.8 Å². The van der Waals surface area contributed by atoms with Crippen LogP contribution in [0.4, 0.5) is 0 Å². The lowest BCUT2D eigenvalue weighted by Crippen LogP contribution is -2.27. The van der Waals surface area contributed by atoms with Crippen LogP contribution in [0.5, 0.6) is 5.75 Å². The fraction of sp³-hybridized carbons (Fsp3) is 0.474. The minimum absolute atomic E-state index is 0.102. The van der Waals surface area contributed by atoms with E-state index in [9.17, 15) is 4.79 Å². The monoisotopic (exact) mass is 360 g/mol. The molecule has 1 aromatic carbocycles. The number of hydrogen-bond acceptors (Lipinski definition) is 5. The SMILES string of the molecule is CCOc1ccc(-c2nc(CSCC(=O)NCC3CC3)c(C)o2)cc1. The zero-order valence-electron chi connectivity index (χ0n) is 14.7. The van der Waals surface area contributed by atoms with Gasteiger partial charge >= 0.3 is 0 Å². The second kappa shape index (κ2) is 8.43. The Morgan fingerprint density at radius 3 is 2.80 bits per heavy atom. The molecular formula is C19H24N2O3S.